The van der Waals surface area contributed by atoms with Crippen molar-refractivity contribution >= 4 is 16.9 Å². The normalized spacial score (nSPS) is 10.5. The third-order valence-electron chi connectivity index (χ3n) is 3.61. The second kappa shape index (κ2) is 5.96. The predicted molar refractivity (Wildman–Crippen MR) is 87.2 cm³/mol. The maximum atomic E-state index is 11.7. The molecule has 0 bridgehead atoms. The highest BCUT2D eigenvalue weighted by Gasteiger charge is 2.17. The lowest BCUT2D eigenvalue weighted by molar-refractivity contribution is 0.0699. The van der Waals surface area contributed by atoms with Crippen molar-refractivity contribution in [3.05, 3.63) is 54.1 Å². The first-order chi connectivity index (χ1) is 11.1. The molecule has 0 spiro atoms. The first kappa shape index (κ1) is 14.8. The van der Waals surface area contributed by atoms with Gasteiger partial charge in [0.2, 0.25) is 0 Å². The molecule has 0 aliphatic heterocycles. The summed E-state index contributed by atoms with van der Waals surface area (Å²) in [6.45, 7) is 0. The molecule has 0 saturated carbocycles. The Labute approximate surface area is 133 Å². The van der Waals surface area contributed by atoms with Gasteiger partial charge in [0.15, 0.2) is 0 Å². The van der Waals surface area contributed by atoms with Crippen molar-refractivity contribution in [3.8, 4) is 22.8 Å². The van der Waals surface area contributed by atoms with Crippen LogP contribution in [0.3, 0.4) is 0 Å². The van der Waals surface area contributed by atoms with Crippen LogP contribution in [0.5, 0.6) is 11.5 Å². The van der Waals surface area contributed by atoms with Crippen molar-refractivity contribution in [3.63, 3.8) is 0 Å². The first-order valence-electron chi connectivity index (χ1n) is 6.99. The standard InChI is InChI=1S/C18H15NO4/c1-22-12-8-13-14(18(20)21)10-15(11-6-4-3-5-7-11)19-17(13)16(9-12)23-2/h3-10H,1-2H3,(H,20,21). The van der Waals surface area contributed by atoms with Crippen molar-refractivity contribution in [2.75, 3.05) is 14.2 Å². The van der Waals surface area contributed by atoms with Gasteiger partial charge in [0.25, 0.3) is 0 Å². The third-order valence-corrected chi connectivity index (χ3v) is 3.61. The molecule has 0 amide bonds. The lowest BCUT2D eigenvalue weighted by Crippen LogP contribution is -2.02. The lowest BCUT2D eigenvalue weighted by atomic mass is 10.0. The summed E-state index contributed by atoms with van der Waals surface area (Å²) in [6.07, 6.45) is 0. The van der Waals surface area contributed by atoms with E-state index in [-0.39, 0.29) is 5.56 Å². The molecule has 116 valence electrons. The van der Waals surface area contributed by atoms with Crippen LogP contribution in [-0.4, -0.2) is 30.3 Å². The molecule has 0 radical (unpaired) electrons. The summed E-state index contributed by atoms with van der Waals surface area (Å²) in [5.74, 6) is -0.0318. The van der Waals surface area contributed by atoms with Crippen molar-refractivity contribution in [2.24, 2.45) is 0 Å². The second-order valence-corrected chi connectivity index (χ2v) is 4.95. The van der Waals surface area contributed by atoms with Gasteiger partial charge in [-0.1, -0.05) is 30.3 Å². The van der Waals surface area contributed by atoms with Crippen molar-refractivity contribution in [1.82, 2.24) is 4.98 Å². The molecule has 5 heteroatoms. The van der Waals surface area contributed by atoms with Crippen LogP contribution in [0.1, 0.15) is 10.4 Å². The van der Waals surface area contributed by atoms with E-state index in [1.54, 1.807) is 18.2 Å². The summed E-state index contributed by atoms with van der Waals surface area (Å²) >= 11 is 0. The number of nitrogens with zero attached hydrogens (tertiary/aromatic N) is 1. The van der Waals surface area contributed by atoms with E-state index in [0.29, 0.717) is 28.1 Å². The molecule has 0 fully saturated rings. The minimum Gasteiger partial charge on any atom is -0.497 e. The Morgan fingerprint density at radius 3 is 2.39 bits per heavy atom. The number of methoxy groups -OCH3 is 2. The zero-order chi connectivity index (χ0) is 16.4. The minimum atomic E-state index is -1.02. The maximum absolute atomic E-state index is 11.7. The van der Waals surface area contributed by atoms with Crippen LogP contribution in [0.25, 0.3) is 22.2 Å². The number of pyridine rings is 1. The van der Waals surface area contributed by atoms with Crippen LogP contribution in [0.2, 0.25) is 0 Å². The number of fused-ring (bicyclic) bond motifs is 1. The second-order valence-electron chi connectivity index (χ2n) is 4.95. The highest BCUT2D eigenvalue weighted by Crippen LogP contribution is 2.34. The molecule has 3 rings (SSSR count). The summed E-state index contributed by atoms with van der Waals surface area (Å²) in [5, 5.41) is 10.1. The van der Waals surface area contributed by atoms with Gasteiger partial charge in [-0.2, -0.15) is 0 Å². The van der Waals surface area contributed by atoms with E-state index in [1.807, 2.05) is 30.3 Å². The Morgan fingerprint density at radius 2 is 1.78 bits per heavy atom. The number of carboxylic acids is 1. The third kappa shape index (κ3) is 2.68. The van der Waals surface area contributed by atoms with Crippen LogP contribution in [0.4, 0.5) is 0 Å². The van der Waals surface area contributed by atoms with E-state index in [9.17, 15) is 9.90 Å². The Kier molecular flexibility index (Phi) is 3.85. The summed E-state index contributed by atoms with van der Waals surface area (Å²) in [5.41, 5.74) is 2.08. The summed E-state index contributed by atoms with van der Waals surface area (Å²) in [4.78, 5) is 16.3. The Balaban J connectivity index is 2.37. The maximum Gasteiger partial charge on any atom is 0.336 e. The molecule has 23 heavy (non-hydrogen) atoms. The van der Waals surface area contributed by atoms with E-state index in [2.05, 4.69) is 4.98 Å². The number of ether oxygens (including phenoxy) is 2. The van der Waals surface area contributed by atoms with Crippen molar-refractivity contribution < 1.29 is 19.4 Å². The Bertz CT molecular complexity index is 875. The molecule has 1 N–H and O–H groups in total. The van der Waals surface area contributed by atoms with Crippen LogP contribution < -0.4 is 9.47 Å². The number of benzene rings is 2. The SMILES string of the molecule is COc1cc(OC)c2nc(-c3ccccc3)cc(C(=O)O)c2c1. The molecule has 1 aromatic heterocycles. The van der Waals surface area contributed by atoms with E-state index < -0.39 is 5.97 Å². The van der Waals surface area contributed by atoms with Crippen LogP contribution in [0.15, 0.2) is 48.5 Å². The van der Waals surface area contributed by atoms with Crippen LogP contribution >= 0.6 is 0 Å². The molecular weight excluding hydrogens is 294 g/mol. The monoisotopic (exact) mass is 309 g/mol. The van der Waals surface area contributed by atoms with Crippen LogP contribution in [0, 0.1) is 0 Å². The van der Waals surface area contributed by atoms with E-state index in [1.165, 1.54) is 14.2 Å². The minimum absolute atomic E-state index is 0.158. The number of carboxylic acid groups (broad SMARTS) is 1. The zero-order valence-corrected chi connectivity index (χ0v) is 12.7. The van der Waals surface area contributed by atoms with Gasteiger partial charge in [-0.05, 0) is 12.1 Å². The predicted octanol–water partition coefficient (Wildman–Crippen LogP) is 3.62. The molecule has 2 aromatic carbocycles. The number of aromatic carboxylic acids is 1. The van der Waals surface area contributed by atoms with Gasteiger partial charge in [0, 0.05) is 17.0 Å². The lowest BCUT2D eigenvalue weighted by Gasteiger charge is -2.12. The molecule has 0 unspecified atom stereocenters. The molecular formula is C18H15NO4. The number of carbonyl (C=O) groups is 1. The van der Waals surface area contributed by atoms with E-state index in [0.717, 1.165) is 5.56 Å². The van der Waals surface area contributed by atoms with E-state index >= 15 is 0 Å². The fraction of sp³-hybridized carbons (Fsp3) is 0.111. The number of rotatable bonds is 4. The van der Waals surface area contributed by atoms with Crippen molar-refractivity contribution in [2.45, 2.75) is 0 Å². The summed E-state index contributed by atoms with van der Waals surface area (Å²) < 4.78 is 10.6. The average molecular weight is 309 g/mol. The molecule has 0 atom stereocenters. The molecule has 0 saturated heterocycles. The molecule has 0 aliphatic rings. The molecule has 3 aromatic rings. The van der Waals surface area contributed by atoms with Gasteiger partial charge in [-0.15, -0.1) is 0 Å². The quantitative estimate of drug-likeness (QED) is 0.797. The van der Waals surface area contributed by atoms with Gasteiger partial charge in [0.1, 0.15) is 17.0 Å². The van der Waals surface area contributed by atoms with Crippen LogP contribution in [-0.2, 0) is 0 Å². The number of aromatic nitrogens is 1. The van der Waals surface area contributed by atoms with Gasteiger partial charge in [0.05, 0.1) is 25.5 Å². The first-order valence-corrected chi connectivity index (χ1v) is 6.99. The van der Waals surface area contributed by atoms with Gasteiger partial charge < -0.3 is 14.6 Å². The topological polar surface area (TPSA) is 68.7 Å². The highest BCUT2D eigenvalue weighted by atomic mass is 16.5. The summed E-state index contributed by atoms with van der Waals surface area (Å²) in [6, 6.07) is 14.3. The average Bonchev–Trinajstić information content (AvgIpc) is 2.60. The van der Waals surface area contributed by atoms with Gasteiger partial charge >= 0.3 is 5.97 Å². The molecule has 0 aliphatic carbocycles. The van der Waals surface area contributed by atoms with Crippen molar-refractivity contribution in [1.29, 1.82) is 0 Å². The molecule has 5 nitrogen and oxygen atoms in total. The fourth-order valence-corrected chi connectivity index (χ4v) is 2.48. The Hall–Kier alpha value is -3.08. The largest absolute Gasteiger partial charge is 0.497 e. The van der Waals surface area contributed by atoms with E-state index in [4.69, 9.17) is 9.47 Å². The fourth-order valence-electron chi connectivity index (χ4n) is 2.48. The highest BCUT2D eigenvalue weighted by molar-refractivity contribution is 6.05. The smallest absolute Gasteiger partial charge is 0.336 e. The molecule has 1 heterocycles. The number of hydrogen-bond donors (Lipinski definition) is 1. The zero-order valence-electron chi connectivity index (χ0n) is 12.7. The number of hydrogen-bond acceptors (Lipinski definition) is 4. The Morgan fingerprint density at radius 1 is 1.04 bits per heavy atom. The van der Waals surface area contributed by atoms with Gasteiger partial charge in [-0.25, -0.2) is 9.78 Å². The summed E-state index contributed by atoms with van der Waals surface area (Å²) in [7, 11) is 3.04. The van der Waals surface area contributed by atoms with Gasteiger partial charge in [-0.3, -0.25) is 0 Å².